The van der Waals surface area contributed by atoms with Crippen molar-refractivity contribution >= 4 is 15.9 Å². The van der Waals surface area contributed by atoms with Crippen molar-refractivity contribution < 1.29 is 22.7 Å². The highest BCUT2D eigenvalue weighted by atomic mass is 32.2. The lowest BCUT2D eigenvalue weighted by atomic mass is 10.1. The zero-order valence-corrected chi connectivity index (χ0v) is 20.7. The second-order valence-corrected chi connectivity index (χ2v) is 11.5. The van der Waals surface area contributed by atoms with Gasteiger partial charge in [-0.3, -0.25) is 4.90 Å². The maximum Gasteiger partial charge on any atom is 0.410 e. The van der Waals surface area contributed by atoms with E-state index in [4.69, 9.17) is 9.47 Å². The zero-order chi connectivity index (χ0) is 24.1. The van der Waals surface area contributed by atoms with Crippen molar-refractivity contribution in [3.63, 3.8) is 0 Å². The standard InChI is InChI=1S/C25H34N2O5S/c1-25(2,3)32-24(28)27-15-14-26(16-20-8-6-5-7-9-20)22(17-27)19-31-18-21-10-12-23(13-11-21)33(4,29)30/h5-13,22H,14-19H2,1-4H3/t22-/m0/s1. The van der Waals surface area contributed by atoms with Gasteiger partial charge in [0, 0.05) is 32.4 Å². The zero-order valence-electron chi connectivity index (χ0n) is 19.9. The summed E-state index contributed by atoms with van der Waals surface area (Å²) in [5.74, 6) is 0. The normalized spacial score (nSPS) is 17.7. The number of hydrogen-bond donors (Lipinski definition) is 0. The van der Waals surface area contributed by atoms with Crippen LogP contribution in [0, 0.1) is 0 Å². The van der Waals surface area contributed by atoms with Gasteiger partial charge in [0.15, 0.2) is 9.84 Å². The molecule has 0 aromatic heterocycles. The van der Waals surface area contributed by atoms with Crippen molar-refractivity contribution in [1.82, 2.24) is 9.80 Å². The van der Waals surface area contributed by atoms with Gasteiger partial charge in [0.2, 0.25) is 0 Å². The molecule has 1 fully saturated rings. The van der Waals surface area contributed by atoms with Gasteiger partial charge < -0.3 is 14.4 Å². The number of benzene rings is 2. The molecular weight excluding hydrogens is 440 g/mol. The summed E-state index contributed by atoms with van der Waals surface area (Å²) in [6.45, 7) is 9.04. The van der Waals surface area contributed by atoms with E-state index in [2.05, 4.69) is 17.0 Å². The lowest BCUT2D eigenvalue weighted by Gasteiger charge is -2.41. The maximum atomic E-state index is 12.6. The average molecular weight is 475 g/mol. The SMILES string of the molecule is CC(C)(C)OC(=O)N1CCN(Cc2ccccc2)[C@H](COCc2ccc(S(C)(=O)=O)cc2)C1. The number of nitrogens with zero attached hydrogens (tertiary/aromatic N) is 2. The number of piperazine rings is 1. The van der Waals surface area contributed by atoms with Gasteiger partial charge in [0.1, 0.15) is 5.60 Å². The summed E-state index contributed by atoms with van der Waals surface area (Å²) in [5.41, 5.74) is 1.57. The van der Waals surface area contributed by atoms with E-state index in [1.165, 1.54) is 11.8 Å². The van der Waals surface area contributed by atoms with Gasteiger partial charge in [-0.05, 0) is 44.0 Å². The summed E-state index contributed by atoms with van der Waals surface area (Å²) in [7, 11) is -3.22. The molecule has 8 heteroatoms. The minimum Gasteiger partial charge on any atom is -0.444 e. The molecule has 2 aromatic carbocycles. The number of carbonyl (C=O) groups is 1. The van der Waals surface area contributed by atoms with Gasteiger partial charge in [-0.1, -0.05) is 42.5 Å². The summed E-state index contributed by atoms with van der Waals surface area (Å²) in [6, 6.07) is 17.0. The minimum atomic E-state index is -3.22. The molecule has 1 saturated heterocycles. The number of ether oxygens (including phenoxy) is 2. The molecule has 33 heavy (non-hydrogen) atoms. The first kappa shape index (κ1) is 25.2. The Morgan fingerprint density at radius 1 is 1.00 bits per heavy atom. The Morgan fingerprint density at radius 2 is 1.67 bits per heavy atom. The summed E-state index contributed by atoms with van der Waals surface area (Å²) in [5, 5.41) is 0. The van der Waals surface area contributed by atoms with E-state index in [0.717, 1.165) is 18.7 Å². The van der Waals surface area contributed by atoms with Gasteiger partial charge in [-0.15, -0.1) is 0 Å². The molecule has 0 saturated carbocycles. The van der Waals surface area contributed by atoms with Crippen molar-refractivity contribution in [2.75, 3.05) is 32.5 Å². The molecule has 1 aliphatic rings. The molecule has 0 unspecified atom stereocenters. The van der Waals surface area contributed by atoms with E-state index < -0.39 is 15.4 Å². The summed E-state index contributed by atoms with van der Waals surface area (Å²) in [4.78, 5) is 17.0. The van der Waals surface area contributed by atoms with Crippen LogP contribution in [0.3, 0.4) is 0 Å². The molecular formula is C25H34N2O5S. The van der Waals surface area contributed by atoms with E-state index in [1.807, 2.05) is 39.0 Å². The molecule has 180 valence electrons. The highest BCUT2D eigenvalue weighted by Crippen LogP contribution is 2.18. The minimum absolute atomic E-state index is 0.0155. The van der Waals surface area contributed by atoms with E-state index in [-0.39, 0.29) is 12.1 Å². The fraction of sp³-hybridized carbons (Fsp3) is 0.480. The molecule has 0 aliphatic carbocycles. The quantitative estimate of drug-likeness (QED) is 0.609. The Balaban J connectivity index is 1.64. The van der Waals surface area contributed by atoms with E-state index in [0.29, 0.717) is 31.2 Å². The van der Waals surface area contributed by atoms with Crippen molar-refractivity contribution in [2.45, 2.75) is 50.5 Å². The van der Waals surface area contributed by atoms with Crippen molar-refractivity contribution in [3.8, 4) is 0 Å². The number of hydrogen-bond acceptors (Lipinski definition) is 6. The number of carbonyl (C=O) groups excluding carboxylic acids is 1. The fourth-order valence-electron chi connectivity index (χ4n) is 3.72. The number of sulfone groups is 1. The third-order valence-corrected chi connectivity index (χ3v) is 6.54. The Morgan fingerprint density at radius 3 is 2.27 bits per heavy atom. The van der Waals surface area contributed by atoms with Crippen LogP contribution in [0.15, 0.2) is 59.5 Å². The van der Waals surface area contributed by atoms with Crippen LogP contribution < -0.4 is 0 Å². The highest BCUT2D eigenvalue weighted by Gasteiger charge is 2.32. The molecule has 1 atom stereocenters. The second-order valence-electron chi connectivity index (χ2n) is 9.47. The summed E-state index contributed by atoms with van der Waals surface area (Å²) in [6.07, 6.45) is 0.891. The molecule has 0 N–H and O–H groups in total. The first-order valence-electron chi connectivity index (χ1n) is 11.1. The topological polar surface area (TPSA) is 76.2 Å². The molecule has 1 amide bonds. The fourth-order valence-corrected chi connectivity index (χ4v) is 4.35. The molecule has 0 bridgehead atoms. The molecule has 1 heterocycles. The molecule has 7 nitrogen and oxygen atoms in total. The van der Waals surface area contributed by atoms with Crippen LogP contribution in [0.25, 0.3) is 0 Å². The third-order valence-electron chi connectivity index (χ3n) is 5.42. The van der Waals surface area contributed by atoms with Crippen molar-refractivity contribution in [3.05, 3.63) is 65.7 Å². The van der Waals surface area contributed by atoms with Crippen molar-refractivity contribution in [1.29, 1.82) is 0 Å². The Bertz CT molecular complexity index is 1020. The van der Waals surface area contributed by atoms with Gasteiger partial charge in [0.25, 0.3) is 0 Å². The highest BCUT2D eigenvalue weighted by molar-refractivity contribution is 7.90. The Labute approximate surface area is 197 Å². The van der Waals surface area contributed by atoms with Crippen LogP contribution in [0.4, 0.5) is 4.79 Å². The van der Waals surface area contributed by atoms with Gasteiger partial charge in [-0.2, -0.15) is 0 Å². The lowest BCUT2D eigenvalue weighted by Crippen LogP contribution is -2.56. The smallest absolute Gasteiger partial charge is 0.410 e. The summed E-state index contributed by atoms with van der Waals surface area (Å²) >= 11 is 0. The third kappa shape index (κ3) is 7.84. The Kier molecular flexibility index (Phi) is 8.15. The van der Waals surface area contributed by atoms with Crippen LogP contribution in [0.5, 0.6) is 0 Å². The average Bonchev–Trinajstić information content (AvgIpc) is 2.74. The monoisotopic (exact) mass is 474 g/mol. The van der Waals surface area contributed by atoms with Gasteiger partial charge in [0.05, 0.1) is 24.2 Å². The predicted molar refractivity (Wildman–Crippen MR) is 128 cm³/mol. The second kappa shape index (κ2) is 10.7. The van der Waals surface area contributed by atoms with Gasteiger partial charge in [-0.25, -0.2) is 13.2 Å². The molecule has 0 spiro atoms. The van der Waals surface area contributed by atoms with E-state index in [9.17, 15) is 13.2 Å². The van der Waals surface area contributed by atoms with Crippen LogP contribution >= 0.6 is 0 Å². The predicted octanol–water partition coefficient (Wildman–Crippen LogP) is 3.73. The van der Waals surface area contributed by atoms with Crippen LogP contribution in [0.1, 0.15) is 31.9 Å². The number of amides is 1. The number of rotatable bonds is 7. The molecule has 1 aliphatic heterocycles. The van der Waals surface area contributed by atoms with Crippen LogP contribution in [-0.2, 0) is 32.5 Å². The maximum absolute atomic E-state index is 12.6. The van der Waals surface area contributed by atoms with Gasteiger partial charge >= 0.3 is 6.09 Å². The van der Waals surface area contributed by atoms with Crippen molar-refractivity contribution in [2.24, 2.45) is 0 Å². The Hall–Kier alpha value is -2.42. The molecule has 0 radical (unpaired) electrons. The van der Waals surface area contributed by atoms with E-state index >= 15 is 0 Å². The molecule has 2 aromatic rings. The molecule has 3 rings (SSSR count). The van der Waals surface area contributed by atoms with E-state index in [1.54, 1.807) is 29.2 Å². The summed E-state index contributed by atoms with van der Waals surface area (Å²) < 4.78 is 34.9. The van der Waals surface area contributed by atoms with Crippen LogP contribution in [-0.4, -0.2) is 68.5 Å². The lowest BCUT2D eigenvalue weighted by molar-refractivity contribution is -0.0193. The first-order chi connectivity index (χ1) is 15.5. The first-order valence-corrected chi connectivity index (χ1v) is 13.0. The van der Waals surface area contributed by atoms with Crippen LogP contribution in [0.2, 0.25) is 0 Å². The largest absolute Gasteiger partial charge is 0.444 e.